The van der Waals surface area contributed by atoms with E-state index < -0.39 is 0 Å². The molecule has 1 saturated heterocycles. The summed E-state index contributed by atoms with van der Waals surface area (Å²) >= 11 is 0. The number of ketones is 1. The minimum Gasteiger partial charge on any atom is -0.357 e. The van der Waals surface area contributed by atoms with Crippen molar-refractivity contribution >= 4 is 23.2 Å². The van der Waals surface area contributed by atoms with E-state index in [-0.39, 0.29) is 11.7 Å². The fraction of sp³-hybridized carbons (Fsp3) is 0.312. The maximum Gasteiger partial charge on any atom is 0.272 e. The van der Waals surface area contributed by atoms with Crippen molar-refractivity contribution in [2.45, 2.75) is 19.8 Å². The molecule has 1 aliphatic heterocycles. The van der Waals surface area contributed by atoms with Crippen LogP contribution in [0.1, 0.15) is 40.6 Å². The Hall–Kier alpha value is -2.63. The van der Waals surface area contributed by atoms with Crippen LogP contribution in [0.25, 0.3) is 0 Å². The summed E-state index contributed by atoms with van der Waals surface area (Å²) in [5.41, 5.74) is 1.48. The van der Waals surface area contributed by atoms with Crippen molar-refractivity contribution in [3.8, 4) is 0 Å². The van der Waals surface area contributed by atoms with Crippen LogP contribution in [0.15, 0.2) is 30.6 Å². The molecule has 1 amide bonds. The molecule has 0 bridgehead atoms. The number of aromatic nitrogens is 2. The summed E-state index contributed by atoms with van der Waals surface area (Å²) < 4.78 is 0. The molecule has 0 unspecified atom stereocenters. The van der Waals surface area contributed by atoms with Crippen LogP contribution >= 0.6 is 0 Å². The van der Waals surface area contributed by atoms with Gasteiger partial charge >= 0.3 is 0 Å². The van der Waals surface area contributed by atoms with Crippen LogP contribution in [0, 0.1) is 0 Å². The van der Waals surface area contributed by atoms with Gasteiger partial charge in [0, 0.05) is 24.8 Å². The Balaban J connectivity index is 1.66. The number of pyridine rings is 1. The largest absolute Gasteiger partial charge is 0.357 e. The lowest BCUT2D eigenvalue weighted by atomic mass is 10.2. The molecule has 2 N–H and O–H groups in total. The molecule has 1 fully saturated rings. The molecule has 3 rings (SSSR count). The molecule has 0 saturated carbocycles. The topological polar surface area (TPSA) is 78.1 Å². The van der Waals surface area contributed by atoms with Crippen molar-refractivity contribution in [1.82, 2.24) is 9.97 Å². The molecule has 6 nitrogen and oxygen atoms in total. The Morgan fingerprint density at radius 1 is 1.27 bits per heavy atom. The molecule has 0 spiro atoms. The highest BCUT2D eigenvalue weighted by Crippen LogP contribution is 2.19. The number of nitrogens with zero attached hydrogens (tertiary/aromatic N) is 2. The Morgan fingerprint density at radius 3 is 2.64 bits per heavy atom. The van der Waals surface area contributed by atoms with Crippen molar-refractivity contribution in [2.75, 3.05) is 23.3 Å². The van der Waals surface area contributed by atoms with Gasteiger partial charge in [0.1, 0.15) is 11.5 Å². The maximum absolute atomic E-state index is 12.1. The smallest absolute Gasteiger partial charge is 0.272 e. The van der Waals surface area contributed by atoms with Gasteiger partial charge in [-0.25, -0.2) is 4.98 Å². The zero-order valence-electron chi connectivity index (χ0n) is 12.4. The van der Waals surface area contributed by atoms with Gasteiger partial charge in [0.15, 0.2) is 5.78 Å². The van der Waals surface area contributed by atoms with E-state index in [2.05, 4.69) is 20.2 Å². The number of hydrogen-bond acceptors (Lipinski definition) is 4. The van der Waals surface area contributed by atoms with Gasteiger partial charge in [-0.2, -0.15) is 0 Å². The molecule has 0 atom stereocenters. The fourth-order valence-electron chi connectivity index (χ4n) is 2.52. The number of nitrogens with one attached hydrogen (secondary N) is 2. The zero-order chi connectivity index (χ0) is 15.5. The summed E-state index contributed by atoms with van der Waals surface area (Å²) in [7, 11) is 0. The molecule has 0 aromatic carbocycles. The molecular weight excluding hydrogens is 280 g/mol. The van der Waals surface area contributed by atoms with Gasteiger partial charge in [-0.15, -0.1) is 0 Å². The summed E-state index contributed by atoms with van der Waals surface area (Å²) in [6.45, 7) is 3.54. The van der Waals surface area contributed by atoms with Crippen molar-refractivity contribution in [1.29, 1.82) is 0 Å². The normalized spacial score (nSPS) is 14.1. The lowest BCUT2D eigenvalue weighted by molar-refractivity contribution is 0.101. The van der Waals surface area contributed by atoms with Gasteiger partial charge < -0.3 is 15.2 Å². The van der Waals surface area contributed by atoms with E-state index in [4.69, 9.17) is 0 Å². The predicted octanol–water partition coefficient (Wildman–Crippen LogP) is 2.46. The highest BCUT2D eigenvalue weighted by molar-refractivity contribution is 6.05. The molecule has 0 radical (unpaired) electrons. The summed E-state index contributed by atoms with van der Waals surface area (Å²) in [6, 6.07) is 5.30. The number of anilines is 2. The highest BCUT2D eigenvalue weighted by Gasteiger charge is 2.14. The second-order valence-electron chi connectivity index (χ2n) is 5.41. The molecule has 2 aromatic heterocycles. The minimum atomic E-state index is -0.289. The van der Waals surface area contributed by atoms with Crippen LogP contribution in [-0.4, -0.2) is 34.7 Å². The number of H-pyrrole nitrogens is 1. The first-order chi connectivity index (χ1) is 10.6. The first kappa shape index (κ1) is 14.3. The monoisotopic (exact) mass is 298 g/mol. The van der Waals surface area contributed by atoms with Gasteiger partial charge in [-0.3, -0.25) is 9.59 Å². The third kappa shape index (κ3) is 3.00. The third-order valence-corrected chi connectivity index (χ3v) is 3.77. The van der Waals surface area contributed by atoms with Gasteiger partial charge in [0.05, 0.1) is 11.9 Å². The highest BCUT2D eigenvalue weighted by atomic mass is 16.2. The van der Waals surface area contributed by atoms with Crippen molar-refractivity contribution < 1.29 is 9.59 Å². The summed E-state index contributed by atoms with van der Waals surface area (Å²) in [6.07, 6.45) is 5.59. The first-order valence-electron chi connectivity index (χ1n) is 7.35. The number of carbonyl (C=O) groups excluding carboxylic acids is 2. The maximum atomic E-state index is 12.1. The number of carbonyl (C=O) groups is 2. The van der Waals surface area contributed by atoms with Gasteiger partial charge in [-0.1, -0.05) is 0 Å². The van der Waals surface area contributed by atoms with Gasteiger partial charge in [0.2, 0.25) is 0 Å². The second-order valence-corrected chi connectivity index (χ2v) is 5.41. The van der Waals surface area contributed by atoms with Crippen molar-refractivity contribution in [3.05, 3.63) is 41.9 Å². The number of hydrogen-bond donors (Lipinski definition) is 2. The zero-order valence-corrected chi connectivity index (χ0v) is 12.4. The van der Waals surface area contributed by atoms with E-state index >= 15 is 0 Å². The number of Topliss-reactive ketones (excluding diaryl/α,β-unsaturated/α-hetero) is 1. The molecular formula is C16H18N4O2. The second kappa shape index (κ2) is 6.01. The molecule has 114 valence electrons. The Morgan fingerprint density at radius 2 is 2.05 bits per heavy atom. The predicted molar refractivity (Wildman–Crippen MR) is 84.4 cm³/mol. The quantitative estimate of drug-likeness (QED) is 0.850. The van der Waals surface area contributed by atoms with Crippen LogP contribution in [0.4, 0.5) is 11.5 Å². The summed E-state index contributed by atoms with van der Waals surface area (Å²) in [4.78, 5) is 32.8. The van der Waals surface area contributed by atoms with Crippen LogP contribution in [0.3, 0.4) is 0 Å². The SMILES string of the molecule is CC(=O)c1c[nH]c(C(=O)Nc2ccc(N3CCCC3)nc2)c1. The average Bonchev–Trinajstić information content (AvgIpc) is 3.20. The number of aromatic amines is 1. The van der Waals surface area contributed by atoms with E-state index in [0.29, 0.717) is 16.9 Å². The van der Waals surface area contributed by atoms with Crippen molar-refractivity contribution in [2.24, 2.45) is 0 Å². The van der Waals surface area contributed by atoms with Crippen molar-refractivity contribution in [3.63, 3.8) is 0 Å². The standard InChI is InChI=1S/C16H18N4O2/c1-11(21)12-8-14(17-9-12)16(22)19-13-4-5-15(18-10-13)20-6-2-3-7-20/h4-5,8-10,17H,2-3,6-7H2,1H3,(H,19,22). The Bertz CT molecular complexity index is 684. The molecule has 22 heavy (non-hydrogen) atoms. The van der Waals surface area contributed by atoms with E-state index in [1.807, 2.05) is 12.1 Å². The van der Waals surface area contributed by atoms with Crippen LogP contribution in [-0.2, 0) is 0 Å². The minimum absolute atomic E-state index is 0.0769. The number of rotatable bonds is 4. The van der Waals surface area contributed by atoms with Gasteiger partial charge in [-0.05, 0) is 38.0 Å². The van der Waals surface area contributed by atoms with Crippen LogP contribution in [0.2, 0.25) is 0 Å². The Kier molecular flexibility index (Phi) is 3.91. The van der Waals surface area contributed by atoms with Crippen LogP contribution < -0.4 is 10.2 Å². The Labute approximate surface area is 128 Å². The lowest BCUT2D eigenvalue weighted by Crippen LogP contribution is -2.19. The molecule has 2 aromatic rings. The molecule has 6 heteroatoms. The molecule has 0 aliphatic carbocycles. The fourth-order valence-corrected chi connectivity index (χ4v) is 2.52. The number of amides is 1. The summed E-state index contributed by atoms with van der Waals surface area (Å²) in [5.74, 6) is 0.574. The lowest BCUT2D eigenvalue weighted by Gasteiger charge is -2.16. The first-order valence-corrected chi connectivity index (χ1v) is 7.35. The third-order valence-electron chi connectivity index (χ3n) is 3.77. The van der Waals surface area contributed by atoms with Crippen LogP contribution in [0.5, 0.6) is 0 Å². The molecule has 3 heterocycles. The van der Waals surface area contributed by atoms with Gasteiger partial charge in [0.25, 0.3) is 5.91 Å². The van der Waals surface area contributed by atoms with E-state index in [9.17, 15) is 9.59 Å². The molecule has 1 aliphatic rings. The van der Waals surface area contributed by atoms with E-state index in [0.717, 1.165) is 18.9 Å². The van der Waals surface area contributed by atoms with E-state index in [1.165, 1.54) is 26.0 Å². The summed E-state index contributed by atoms with van der Waals surface area (Å²) in [5, 5.41) is 2.77. The average molecular weight is 298 g/mol. The van der Waals surface area contributed by atoms with E-state index in [1.54, 1.807) is 12.3 Å².